The van der Waals surface area contributed by atoms with Gasteiger partial charge in [-0.15, -0.1) is 0 Å². The van der Waals surface area contributed by atoms with Crippen LogP contribution in [0.4, 0.5) is 4.79 Å². The maximum atomic E-state index is 12.6. The van der Waals surface area contributed by atoms with Gasteiger partial charge in [-0.05, 0) is 67.9 Å². The summed E-state index contributed by atoms with van der Waals surface area (Å²) >= 11 is 0. The number of ketones is 1. The molecule has 6 nitrogen and oxygen atoms in total. The largest absolute Gasteiger partial charge is 0.490 e. The molecule has 2 heterocycles. The van der Waals surface area contributed by atoms with Crippen LogP contribution in [0.15, 0.2) is 30.5 Å². The predicted octanol–water partition coefficient (Wildman–Crippen LogP) is 3.46. The van der Waals surface area contributed by atoms with Crippen molar-refractivity contribution in [2.45, 2.75) is 39.7 Å². The van der Waals surface area contributed by atoms with Crippen LogP contribution in [0.25, 0.3) is 0 Å². The summed E-state index contributed by atoms with van der Waals surface area (Å²) in [5, 5.41) is 4.09. The van der Waals surface area contributed by atoms with E-state index in [9.17, 15) is 9.59 Å². The molecule has 1 amide bonds. The summed E-state index contributed by atoms with van der Waals surface area (Å²) in [7, 11) is 0. The van der Waals surface area contributed by atoms with Crippen molar-refractivity contribution in [2.75, 3.05) is 13.1 Å². The van der Waals surface area contributed by atoms with Gasteiger partial charge in [0.2, 0.25) is 0 Å². The highest BCUT2D eigenvalue weighted by Gasteiger charge is 2.43. The number of carbonyl (C=O) groups is 2. The number of fused-ring (bicyclic) bond motifs is 1. The second kappa shape index (κ2) is 6.83. The van der Waals surface area contributed by atoms with Crippen molar-refractivity contribution in [1.29, 1.82) is 0 Å². The third-order valence-electron chi connectivity index (χ3n) is 5.91. The van der Waals surface area contributed by atoms with E-state index in [1.807, 2.05) is 11.0 Å². The van der Waals surface area contributed by atoms with Crippen LogP contribution in [0.5, 0.6) is 5.75 Å². The zero-order chi connectivity index (χ0) is 19.1. The molecule has 0 radical (unpaired) electrons. The predicted molar refractivity (Wildman–Crippen MR) is 101 cm³/mol. The number of hydrogen-bond donors (Lipinski definition) is 0. The Morgan fingerprint density at radius 3 is 2.37 bits per heavy atom. The molecule has 0 bridgehead atoms. The van der Waals surface area contributed by atoms with Crippen molar-refractivity contribution < 1.29 is 14.3 Å². The number of benzene rings is 1. The van der Waals surface area contributed by atoms with Crippen LogP contribution in [0.1, 0.15) is 41.4 Å². The molecule has 2 fully saturated rings. The third-order valence-corrected chi connectivity index (χ3v) is 5.91. The van der Waals surface area contributed by atoms with Crippen LogP contribution in [0.3, 0.4) is 0 Å². The Hall–Kier alpha value is -2.63. The van der Waals surface area contributed by atoms with Gasteiger partial charge in [0.05, 0.1) is 6.10 Å². The van der Waals surface area contributed by atoms with Gasteiger partial charge in [0.25, 0.3) is 0 Å². The molecule has 0 spiro atoms. The first-order valence-corrected chi connectivity index (χ1v) is 9.50. The van der Waals surface area contributed by atoms with Crippen LogP contribution in [-0.4, -0.2) is 45.7 Å². The molecule has 1 aromatic carbocycles. The highest BCUT2D eigenvalue weighted by Crippen LogP contribution is 2.40. The molecule has 1 aliphatic heterocycles. The topological polar surface area (TPSA) is 64.4 Å². The standard InChI is InChI=1S/C21H25N3O3/c1-13-4-5-18(8-14(13)2)27-19-9-16-11-23(12-17(16)10-19)21(26)24-7-6-20(22-24)15(3)25/h4-8,16-17,19H,9-12H2,1-3H3/t16-,17+,19+. The van der Waals surface area contributed by atoms with Gasteiger partial charge >= 0.3 is 6.03 Å². The summed E-state index contributed by atoms with van der Waals surface area (Å²) in [6.07, 6.45) is 3.73. The second-order valence-electron chi connectivity index (χ2n) is 7.87. The molecule has 142 valence electrons. The van der Waals surface area contributed by atoms with Crippen molar-refractivity contribution in [1.82, 2.24) is 14.7 Å². The molecule has 2 aliphatic rings. The molecular formula is C21H25N3O3. The Morgan fingerprint density at radius 1 is 1.07 bits per heavy atom. The Labute approximate surface area is 159 Å². The summed E-state index contributed by atoms with van der Waals surface area (Å²) in [6, 6.07) is 7.67. The number of Topliss-reactive ketones (excluding diaryl/α,β-unsaturated/α-hetero) is 1. The van der Waals surface area contributed by atoms with Crippen molar-refractivity contribution in [3.63, 3.8) is 0 Å². The molecule has 3 atom stereocenters. The van der Waals surface area contributed by atoms with E-state index < -0.39 is 0 Å². The fraction of sp³-hybridized carbons (Fsp3) is 0.476. The molecule has 27 heavy (non-hydrogen) atoms. The smallest absolute Gasteiger partial charge is 0.344 e. The second-order valence-corrected chi connectivity index (χ2v) is 7.87. The lowest BCUT2D eigenvalue weighted by atomic mass is 10.0. The van der Waals surface area contributed by atoms with E-state index in [1.165, 1.54) is 22.7 Å². The molecule has 2 aromatic rings. The number of ether oxygens (including phenoxy) is 1. The zero-order valence-corrected chi connectivity index (χ0v) is 16.0. The highest BCUT2D eigenvalue weighted by molar-refractivity contribution is 5.92. The number of amides is 1. The minimum absolute atomic E-state index is 0.133. The van der Waals surface area contributed by atoms with E-state index >= 15 is 0 Å². The van der Waals surface area contributed by atoms with Gasteiger partial charge in [0.15, 0.2) is 5.78 Å². The van der Waals surface area contributed by atoms with Crippen LogP contribution in [0.2, 0.25) is 0 Å². The van der Waals surface area contributed by atoms with E-state index in [0.717, 1.165) is 31.7 Å². The molecule has 1 aromatic heterocycles. The quantitative estimate of drug-likeness (QED) is 0.780. The first kappa shape index (κ1) is 17.8. The lowest BCUT2D eigenvalue weighted by Crippen LogP contribution is -2.34. The zero-order valence-electron chi connectivity index (χ0n) is 16.0. The molecule has 1 saturated heterocycles. The van der Waals surface area contributed by atoms with Gasteiger partial charge in [0.1, 0.15) is 11.4 Å². The lowest BCUT2D eigenvalue weighted by Gasteiger charge is -2.20. The number of carbonyl (C=O) groups excluding carboxylic acids is 2. The third kappa shape index (κ3) is 3.48. The summed E-state index contributed by atoms with van der Waals surface area (Å²) in [4.78, 5) is 25.9. The Balaban J connectivity index is 1.35. The SMILES string of the molecule is CC(=O)c1ccn(C(=O)N2C[C@H]3C[C@H](Oc4ccc(C)c(C)c4)C[C@H]3C2)n1. The first-order valence-electron chi connectivity index (χ1n) is 9.50. The van der Waals surface area contributed by atoms with Gasteiger partial charge < -0.3 is 9.64 Å². The molecule has 6 heteroatoms. The normalized spacial score (nSPS) is 24.1. The van der Waals surface area contributed by atoms with Crippen molar-refractivity contribution in [3.8, 4) is 5.75 Å². The lowest BCUT2D eigenvalue weighted by molar-refractivity contribution is 0.101. The Bertz CT molecular complexity index is 875. The van der Waals surface area contributed by atoms with E-state index in [-0.39, 0.29) is 17.9 Å². The van der Waals surface area contributed by atoms with Crippen molar-refractivity contribution in [2.24, 2.45) is 11.8 Å². The molecule has 0 N–H and O–H groups in total. The van der Waals surface area contributed by atoms with Crippen LogP contribution in [-0.2, 0) is 0 Å². The van der Waals surface area contributed by atoms with Crippen molar-refractivity contribution in [3.05, 3.63) is 47.3 Å². The molecule has 1 aliphatic carbocycles. The summed E-state index contributed by atoms with van der Waals surface area (Å²) in [6.45, 7) is 7.11. The van der Waals surface area contributed by atoms with Crippen molar-refractivity contribution >= 4 is 11.8 Å². The van der Waals surface area contributed by atoms with Gasteiger partial charge in [0, 0.05) is 26.2 Å². The number of likely N-dealkylation sites (tertiary alicyclic amines) is 1. The fourth-order valence-corrected chi connectivity index (χ4v) is 4.24. The Morgan fingerprint density at radius 2 is 1.78 bits per heavy atom. The van der Waals surface area contributed by atoms with Crippen LogP contribution >= 0.6 is 0 Å². The molecular weight excluding hydrogens is 342 g/mol. The highest BCUT2D eigenvalue weighted by atomic mass is 16.5. The van der Waals surface area contributed by atoms with E-state index in [0.29, 0.717) is 17.5 Å². The van der Waals surface area contributed by atoms with Crippen LogP contribution < -0.4 is 4.74 Å². The maximum absolute atomic E-state index is 12.6. The number of aryl methyl sites for hydroxylation is 2. The van der Waals surface area contributed by atoms with Gasteiger partial charge in [-0.25, -0.2) is 4.79 Å². The number of nitrogens with zero attached hydrogens (tertiary/aromatic N) is 3. The van der Waals surface area contributed by atoms with Gasteiger partial charge in [-0.3, -0.25) is 4.79 Å². The average molecular weight is 367 g/mol. The molecule has 0 unspecified atom stereocenters. The molecule has 4 rings (SSSR count). The monoisotopic (exact) mass is 367 g/mol. The summed E-state index contributed by atoms with van der Waals surface area (Å²) in [5.74, 6) is 1.73. The van der Waals surface area contributed by atoms with Crippen LogP contribution in [0, 0.1) is 25.7 Å². The minimum Gasteiger partial charge on any atom is -0.490 e. The summed E-state index contributed by atoms with van der Waals surface area (Å²) in [5.41, 5.74) is 2.84. The first-order chi connectivity index (χ1) is 12.9. The van der Waals surface area contributed by atoms with E-state index in [1.54, 1.807) is 12.3 Å². The molecule has 1 saturated carbocycles. The van der Waals surface area contributed by atoms with E-state index in [2.05, 4.69) is 31.1 Å². The fourth-order valence-electron chi connectivity index (χ4n) is 4.24. The Kier molecular flexibility index (Phi) is 4.50. The summed E-state index contributed by atoms with van der Waals surface area (Å²) < 4.78 is 7.48. The van der Waals surface area contributed by atoms with Gasteiger partial charge in [-0.2, -0.15) is 9.78 Å². The average Bonchev–Trinajstić information content (AvgIpc) is 3.32. The number of aromatic nitrogens is 2. The maximum Gasteiger partial charge on any atom is 0.344 e. The minimum atomic E-state index is -0.150. The van der Waals surface area contributed by atoms with Gasteiger partial charge in [-0.1, -0.05) is 6.07 Å². The number of hydrogen-bond acceptors (Lipinski definition) is 4. The van der Waals surface area contributed by atoms with E-state index in [4.69, 9.17) is 4.74 Å². The number of rotatable bonds is 3.